The van der Waals surface area contributed by atoms with E-state index >= 15 is 0 Å². The third-order valence-corrected chi connectivity index (χ3v) is 3.73. The maximum atomic E-state index is 12.2. The highest BCUT2D eigenvalue weighted by Crippen LogP contribution is 2.15. The average molecular weight is 366 g/mol. The Morgan fingerprint density at radius 1 is 1.19 bits per heavy atom. The van der Waals surface area contributed by atoms with Crippen LogP contribution in [0, 0.1) is 0 Å². The van der Waals surface area contributed by atoms with Crippen LogP contribution in [0.15, 0.2) is 70.3 Å². The number of nitrogens with one attached hydrogen (secondary N) is 1. The predicted molar refractivity (Wildman–Crippen MR) is 97.7 cm³/mol. The second-order valence-corrected chi connectivity index (χ2v) is 5.66. The highest BCUT2D eigenvalue weighted by molar-refractivity contribution is 5.91. The van der Waals surface area contributed by atoms with Crippen molar-refractivity contribution in [3.63, 3.8) is 0 Å². The number of methoxy groups -OCH3 is 1. The molecule has 0 spiro atoms. The number of carbonyl (C=O) groups excluding carboxylic acids is 1. The SMILES string of the molecule is COc1cccc(COc2coc(C(=O)NCc3cccnc3)cc2=O)c1. The molecule has 0 fully saturated rings. The number of ether oxygens (including phenoxy) is 2. The number of rotatable bonds is 7. The van der Waals surface area contributed by atoms with Gasteiger partial charge in [0, 0.05) is 25.0 Å². The first-order chi connectivity index (χ1) is 13.2. The molecule has 1 N–H and O–H groups in total. The van der Waals surface area contributed by atoms with E-state index in [1.807, 2.05) is 30.3 Å². The molecule has 7 nitrogen and oxygen atoms in total. The minimum Gasteiger partial charge on any atom is -0.497 e. The summed E-state index contributed by atoms with van der Waals surface area (Å²) < 4.78 is 15.9. The highest BCUT2D eigenvalue weighted by atomic mass is 16.5. The van der Waals surface area contributed by atoms with E-state index < -0.39 is 11.3 Å². The standard InChI is InChI=1S/C20H18N2O5/c1-25-16-6-2-4-14(8-16)12-26-19-13-27-18(9-17(19)23)20(24)22-11-15-5-3-7-21-10-15/h2-10,13H,11-12H2,1H3,(H,22,24). The Morgan fingerprint density at radius 3 is 2.78 bits per heavy atom. The Hall–Kier alpha value is -3.61. The van der Waals surface area contributed by atoms with Crippen LogP contribution in [0.3, 0.4) is 0 Å². The summed E-state index contributed by atoms with van der Waals surface area (Å²) in [7, 11) is 1.58. The van der Waals surface area contributed by atoms with Gasteiger partial charge in [0.1, 0.15) is 18.6 Å². The van der Waals surface area contributed by atoms with Crippen molar-refractivity contribution in [1.29, 1.82) is 0 Å². The van der Waals surface area contributed by atoms with Crippen molar-refractivity contribution in [2.24, 2.45) is 0 Å². The van der Waals surface area contributed by atoms with Gasteiger partial charge in [0.05, 0.1) is 7.11 Å². The van der Waals surface area contributed by atoms with E-state index in [0.29, 0.717) is 5.75 Å². The van der Waals surface area contributed by atoms with Gasteiger partial charge in [-0.25, -0.2) is 0 Å². The van der Waals surface area contributed by atoms with Gasteiger partial charge in [0.2, 0.25) is 11.2 Å². The van der Waals surface area contributed by atoms with Gasteiger partial charge in [0.25, 0.3) is 5.91 Å². The summed E-state index contributed by atoms with van der Waals surface area (Å²) in [5.74, 6) is 0.151. The molecular weight excluding hydrogens is 348 g/mol. The fourth-order valence-corrected chi connectivity index (χ4v) is 2.32. The van der Waals surface area contributed by atoms with Gasteiger partial charge < -0.3 is 19.2 Å². The zero-order chi connectivity index (χ0) is 19.1. The largest absolute Gasteiger partial charge is 0.497 e. The molecule has 138 valence electrons. The van der Waals surface area contributed by atoms with Gasteiger partial charge in [-0.3, -0.25) is 14.6 Å². The van der Waals surface area contributed by atoms with Crippen LogP contribution in [0.2, 0.25) is 0 Å². The van der Waals surface area contributed by atoms with Crippen LogP contribution in [-0.2, 0) is 13.2 Å². The smallest absolute Gasteiger partial charge is 0.287 e. The quantitative estimate of drug-likeness (QED) is 0.691. The van der Waals surface area contributed by atoms with Gasteiger partial charge in [-0.2, -0.15) is 0 Å². The Morgan fingerprint density at radius 2 is 2.04 bits per heavy atom. The minimum absolute atomic E-state index is 0.0293. The molecule has 3 rings (SSSR count). The lowest BCUT2D eigenvalue weighted by atomic mass is 10.2. The van der Waals surface area contributed by atoms with E-state index in [9.17, 15) is 9.59 Å². The zero-order valence-corrected chi connectivity index (χ0v) is 14.7. The number of aromatic nitrogens is 1. The molecule has 7 heteroatoms. The molecule has 0 saturated heterocycles. The normalized spacial score (nSPS) is 10.3. The molecule has 2 heterocycles. The number of hydrogen-bond acceptors (Lipinski definition) is 6. The maximum absolute atomic E-state index is 12.2. The molecule has 0 saturated carbocycles. The fourth-order valence-electron chi connectivity index (χ4n) is 2.32. The molecular formula is C20H18N2O5. The Balaban J connectivity index is 1.61. The lowest BCUT2D eigenvalue weighted by Gasteiger charge is -2.08. The number of pyridine rings is 1. The Bertz CT molecular complexity index is 969. The summed E-state index contributed by atoms with van der Waals surface area (Å²) in [5, 5.41) is 2.67. The number of benzene rings is 1. The molecule has 1 aromatic carbocycles. The first-order valence-electron chi connectivity index (χ1n) is 8.21. The molecule has 27 heavy (non-hydrogen) atoms. The molecule has 1 amide bonds. The topological polar surface area (TPSA) is 90.7 Å². The monoisotopic (exact) mass is 366 g/mol. The van der Waals surface area contributed by atoms with Crippen LogP contribution in [-0.4, -0.2) is 18.0 Å². The first-order valence-corrected chi connectivity index (χ1v) is 8.21. The van der Waals surface area contributed by atoms with Crippen molar-refractivity contribution in [2.45, 2.75) is 13.2 Å². The molecule has 2 aromatic heterocycles. The van der Waals surface area contributed by atoms with Crippen LogP contribution < -0.4 is 20.2 Å². The second kappa shape index (κ2) is 8.66. The molecule has 0 aliphatic rings. The van der Waals surface area contributed by atoms with E-state index in [1.54, 1.807) is 25.6 Å². The summed E-state index contributed by atoms with van der Waals surface area (Å²) in [5.41, 5.74) is 1.24. The van der Waals surface area contributed by atoms with Gasteiger partial charge in [-0.05, 0) is 29.3 Å². The fraction of sp³-hybridized carbons (Fsp3) is 0.150. The van der Waals surface area contributed by atoms with Crippen molar-refractivity contribution in [2.75, 3.05) is 7.11 Å². The van der Waals surface area contributed by atoms with E-state index in [2.05, 4.69) is 10.3 Å². The van der Waals surface area contributed by atoms with E-state index in [4.69, 9.17) is 13.9 Å². The molecule has 3 aromatic rings. The van der Waals surface area contributed by atoms with E-state index in [1.165, 1.54) is 0 Å². The van der Waals surface area contributed by atoms with Crippen LogP contribution in [0.25, 0.3) is 0 Å². The molecule has 0 aliphatic carbocycles. The zero-order valence-electron chi connectivity index (χ0n) is 14.7. The van der Waals surface area contributed by atoms with Crippen molar-refractivity contribution in [1.82, 2.24) is 10.3 Å². The second-order valence-electron chi connectivity index (χ2n) is 5.66. The van der Waals surface area contributed by atoms with Gasteiger partial charge >= 0.3 is 0 Å². The van der Waals surface area contributed by atoms with Gasteiger partial charge in [0.15, 0.2) is 5.76 Å². The number of amides is 1. The molecule has 0 radical (unpaired) electrons. The molecule has 0 unspecified atom stereocenters. The summed E-state index contributed by atoms with van der Waals surface area (Å²) >= 11 is 0. The van der Waals surface area contributed by atoms with Crippen LogP contribution in [0.5, 0.6) is 11.5 Å². The van der Waals surface area contributed by atoms with Crippen molar-refractivity contribution in [3.8, 4) is 11.5 Å². The highest BCUT2D eigenvalue weighted by Gasteiger charge is 2.12. The third-order valence-electron chi connectivity index (χ3n) is 3.73. The number of nitrogens with zero attached hydrogens (tertiary/aromatic N) is 1. The maximum Gasteiger partial charge on any atom is 0.287 e. The predicted octanol–water partition coefficient (Wildman–Crippen LogP) is 2.55. The van der Waals surface area contributed by atoms with Crippen molar-refractivity contribution >= 4 is 5.91 Å². The van der Waals surface area contributed by atoms with E-state index in [-0.39, 0.29) is 24.7 Å². The lowest BCUT2D eigenvalue weighted by Crippen LogP contribution is -2.24. The molecule has 0 bridgehead atoms. The summed E-state index contributed by atoms with van der Waals surface area (Å²) in [6, 6.07) is 12.0. The van der Waals surface area contributed by atoms with Crippen LogP contribution >= 0.6 is 0 Å². The first kappa shape index (κ1) is 18.2. The van der Waals surface area contributed by atoms with Gasteiger partial charge in [-0.15, -0.1) is 0 Å². The van der Waals surface area contributed by atoms with E-state index in [0.717, 1.165) is 23.5 Å². The molecule has 0 aliphatic heterocycles. The summed E-state index contributed by atoms with van der Waals surface area (Å²) in [4.78, 5) is 28.2. The third kappa shape index (κ3) is 4.94. The van der Waals surface area contributed by atoms with Crippen LogP contribution in [0.1, 0.15) is 21.7 Å². The summed E-state index contributed by atoms with van der Waals surface area (Å²) in [6.07, 6.45) is 4.43. The summed E-state index contributed by atoms with van der Waals surface area (Å²) in [6.45, 7) is 0.457. The Labute approximate surface area is 155 Å². The Kier molecular flexibility index (Phi) is 5.84. The van der Waals surface area contributed by atoms with Crippen molar-refractivity contribution < 1.29 is 18.7 Å². The minimum atomic E-state index is -0.490. The lowest BCUT2D eigenvalue weighted by molar-refractivity contribution is 0.0919. The average Bonchev–Trinajstić information content (AvgIpc) is 2.72. The van der Waals surface area contributed by atoms with Crippen LogP contribution in [0.4, 0.5) is 0 Å². The number of carbonyl (C=O) groups is 1. The number of hydrogen-bond donors (Lipinski definition) is 1. The van der Waals surface area contributed by atoms with Gasteiger partial charge in [-0.1, -0.05) is 18.2 Å². The van der Waals surface area contributed by atoms with Crippen molar-refractivity contribution in [3.05, 3.63) is 88.2 Å². The molecule has 0 atom stereocenters.